The van der Waals surface area contributed by atoms with Crippen LogP contribution in [-0.2, 0) is 9.53 Å². The fourth-order valence-corrected chi connectivity index (χ4v) is 8.28. The minimum Gasteiger partial charge on any atom is -0.469 e. The molecule has 152 valence electrons. The second-order valence-corrected chi connectivity index (χ2v) is 10.9. The molecule has 0 amide bonds. The Labute approximate surface area is 166 Å². The summed E-state index contributed by atoms with van der Waals surface area (Å²) in [6.07, 6.45) is 18.2. The summed E-state index contributed by atoms with van der Waals surface area (Å²) in [5, 5.41) is 0. The van der Waals surface area contributed by atoms with Crippen LogP contribution in [-0.4, -0.2) is 13.1 Å². The summed E-state index contributed by atoms with van der Waals surface area (Å²) in [6.45, 7) is 7.62. The monoisotopic (exact) mass is 372 g/mol. The van der Waals surface area contributed by atoms with E-state index in [1.165, 1.54) is 58.5 Å². The van der Waals surface area contributed by atoms with Gasteiger partial charge in [-0.3, -0.25) is 4.79 Å². The number of esters is 1. The first-order chi connectivity index (χ1) is 12.9. The molecule has 0 saturated heterocycles. The van der Waals surface area contributed by atoms with Crippen LogP contribution < -0.4 is 0 Å². The van der Waals surface area contributed by atoms with Crippen LogP contribution in [0.15, 0.2) is 12.2 Å². The number of hydrogen-bond acceptors (Lipinski definition) is 2. The third-order valence-electron chi connectivity index (χ3n) is 9.86. The summed E-state index contributed by atoms with van der Waals surface area (Å²) in [4.78, 5) is 11.6. The Hall–Kier alpha value is -0.790. The maximum Gasteiger partial charge on any atom is 0.305 e. The summed E-state index contributed by atoms with van der Waals surface area (Å²) < 4.78 is 4.88. The number of ether oxygens (including phenoxy) is 1. The normalized spacial score (nSPS) is 46.9. The van der Waals surface area contributed by atoms with Crippen LogP contribution in [0.4, 0.5) is 0 Å². The molecule has 2 heteroatoms. The highest BCUT2D eigenvalue weighted by Crippen LogP contribution is 2.66. The molecule has 0 radical (unpaired) electrons. The van der Waals surface area contributed by atoms with E-state index in [-0.39, 0.29) is 5.97 Å². The first-order valence-corrected chi connectivity index (χ1v) is 11.7. The van der Waals surface area contributed by atoms with Gasteiger partial charge in [0.15, 0.2) is 0 Å². The molecule has 0 bridgehead atoms. The summed E-state index contributed by atoms with van der Waals surface area (Å²) >= 11 is 0. The van der Waals surface area contributed by atoms with Crippen molar-refractivity contribution in [2.45, 2.75) is 85.0 Å². The van der Waals surface area contributed by atoms with Crippen molar-refractivity contribution in [3.63, 3.8) is 0 Å². The molecule has 4 rings (SSSR count). The van der Waals surface area contributed by atoms with Crippen molar-refractivity contribution in [3.8, 4) is 0 Å². The molecule has 0 N–H and O–H groups in total. The molecule has 0 aromatic carbocycles. The van der Waals surface area contributed by atoms with Gasteiger partial charge in [0.25, 0.3) is 0 Å². The van der Waals surface area contributed by atoms with Crippen LogP contribution in [0, 0.1) is 46.3 Å². The summed E-state index contributed by atoms with van der Waals surface area (Å²) in [7, 11) is 1.51. The maximum absolute atomic E-state index is 11.6. The predicted octanol–water partition coefficient (Wildman–Crippen LogP) is 6.40. The van der Waals surface area contributed by atoms with Crippen molar-refractivity contribution in [2.75, 3.05) is 7.11 Å². The quantitative estimate of drug-likeness (QED) is 0.421. The van der Waals surface area contributed by atoms with Gasteiger partial charge in [0, 0.05) is 6.42 Å². The van der Waals surface area contributed by atoms with Crippen molar-refractivity contribution in [3.05, 3.63) is 12.2 Å². The van der Waals surface area contributed by atoms with Crippen molar-refractivity contribution >= 4 is 5.97 Å². The third kappa shape index (κ3) is 3.10. The van der Waals surface area contributed by atoms with E-state index in [0.29, 0.717) is 23.2 Å². The van der Waals surface area contributed by atoms with E-state index in [0.717, 1.165) is 36.0 Å². The molecule has 8 atom stereocenters. The van der Waals surface area contributed by atoms with Crippen molar-refractivity contribution in [1.29, 1.82) is 0 Å². The standard InChI is InChI=1S/C25H40O2/c1-17(8-13-23(26)27-4)20-11-12-21-19-10-9-18-7-5-6-15-24(18,2)22(19)14-16-25(20,21)3/h9-10,17-22H,5-8,11-16H2,1-4H3/t17-,18?,19+,20-,21+,22+,24+,25-/m1/s1. The molecule has 0 heterocycles. The van der Waals surface area contributed by atoms with E-state index < -0.39 is 0 Å². The molecule has 4 aliphatic carbocycles. The van der Waals surface area contributed by atoms with E-state index >= 15 is 0 Å². The molecule has 0 aromatic rings. The molecular weight excluding hydrogens is 332 g/mol. The van der Waals surface area contributed by atoms with E-state index in [1.807, 2.05) is 0 Å². The van der Waals surface area contributed by atoms with Crippen LogP contribution in [0.2, 0.25) is 0 Å². The van der Waals surface area contributed by atoms with E-state index in [9.17, 15) is 4.79 Å². The number of rotatable bonds is 4. The van der Waals surface area contributed by atoms with Crippen molar-refractivity contribution < 1.29 is 9.53 Å². The highest BCUT2D eigenvalue weighted by atomic mass is 16.5. The van der Waals surface area contributed by atoms with E-state index in [4.69, 9.17) is 4.74 Å². The third-order valence-corrected chi connectivity index (χ3v) is 9.86. The van der Waals surface area contributed by atoms with Gasteiger partial charge in [-0.2, -0.15) is 0 Å². The molecule has 3 fully saturated rings. The van der Waals surface area contributed by atoms with Crippen LogP contribution >= 0.6 is 0 Å². The van der Waals surface area contributed by atoms with Gasteiger partial charge in [-0.1, -0.05) is 45.8 Å². The second-order valence-electron chi connectivity index (χ2n) is 10.9. The number of fused-ring (bicyclic) bond motifs is 5. The van der Waals surface area contributed by atoms with Gasteiger partial charge < -0.3 is 4.74 Å². The molecule has 0 spiro atoms. The zero-order valence-electron chi connectivity index (χ0n) is 18.0. The molecular formula is C25H40O2. The first-order valence-electron chi connectivity index (χ1n) is 11.7. The predicted molar refractivity (Wildman–Crippen MR) is 110 cm³/mol. The van der Waals surface area contributed by atoms with E-state index in [1.54, 1.807) is 0 Å². The first kappa shape index (κ1) is 19.5. The van der Waals surface area contributed by atoms with E-state index in [2.05, 4.69) is 32.9 Å². The van der Waals surface area contributed by atoms with Crippen molar-refractivity contribution in [2.24, 2.45) is 46.3 Å². The number of carbonyl (C=O) groups excluding carboxylic acids is 1. The average molecular weight is 373 g/mol. The van der Waals surface area contributed by atoms with Crippen LogP contribution in [0.3, 0.4) is 0 Å². The van der Waals surface area contributed by atoms with Gasteiger partial charge in [-0.25, -0.2) is 0 Å². The molecule has 0 aliphatic heterocycles. The highest BCUT2D eigenvalue weighted by Gasteiger charge is 2.58. The summed E-state index contributed by atoms with van der Waals surface area (Å²) in [5.74, 6) is 4.78. The Morgan fingerprint density at radius 2 is 1.81 bits per heavy atom. The Balaban J connectivity index is 1.52. The minimum absolute atomic E-state index is 0.0447. The SMILES string of the molecule is COC(=O)CC[C@@H](C)[C@H]1CC[C@H]2[C@@H]3C=CC4CCCC[C@]4(C)[C@H]3CC[C@]12C. The highest BCUT2D eigenvalue weighted by molar-refractivity contribution is 5.69. The lowest BCUT2D eigenvalue weighted by molar-refractivity contribution is -0.141. The molecule has 3 saturated carbocycles. The molecule has 27 heavy (non-hydrogen) atoms. The Morgan fingerprint density at radius 3 is 2.59 bits per heavy atom. The van der Waals surface area contributed by atoms with Crippen LogP contribution in [0.1, 0.15) is 85.0 Å². The lowest BCUT2D eigenvalue weighted by Gasteiger charge is -2.58. The van der Waals surface area contributed by atoms with Crippen LogP contribution in [0.25, 0.3) is 0 Å². The minimum atomic E-state index is -0.0447. The fraction of sp³-hybridized carbons (Fsp3) is 0.880. The molecule has 2 nitrogen and oxygen atoms in total. The largest absolute Gasteiger partial charge is 0.469 e. The smallest absolute Gasteiger partial charge is 0.305 e. The summed E-state index contributed by atoms with van der Waals surface area (Å²) in [5.41, 5.74) is 1.03. The number of allylic oxidation sites excluding steroid dienone is 2. The zero-order valence-corrected chi connectivity index (χ0v) is 18.0. The van der Waals surface area contributed by atoms with Gasteiger partial charge in [-0.15, -0.1) is 0 Å². The molecule has 4 aliphatic rings. The lowest BCUT2D eigenvalue weighted by atomic mass is 9.46. The maximum atomic E-state index is 11.6. The van der Waals surface area contributed by atoms with Gasteiger partial charge in [0.05, 0.1) is 7.11 Å². The Bertz CT molecular complexity index is 595. The number of methoxy groups -OCH3 is 1. The number of hydrogen-bond donors (Lipinski definition) is 0. The number of carbonyl (C=O) groups is 1. The Kier molecular flexibility index (Phi) is 5.23. The van der Waals surface area contributed by atoms with Crippen molar-refractivity contribution in [1.82, 2.24) is 0 Å². The van der Waals surface area contributed by atoms with Gasteiger partial charge in [-0.05, 0) is 91.3 Å². The molecule has 0 aromatic heterocycles. The van der Waals surface area contributed by atoms with Gasteiger partial charge in [0.2, 0.25) is 0 Å². The zero-order chi connectivity index (χ0) is 19.2. The second kappa shape index (κ2) is 7.23. The molecule has 1 unspecified atom stereocenters. The van der Waals surface area contributed by atoms with Gasteiger partial charge in [0.1, 0.15) is 0 Å². The lowest BCUT2D eigenvalue weighted by Crippen LogP contribution is -2.51. The summed E-state index contributed by atoms with van der Waals surface area (Å²) in [6, 6.07) is 0. The Morgan fingerprint density at radius 1 is 1.04 bits per heavy atom. The van der Waals surface area contributed by atoms with Gasteiger partial charge >= 0.3 is 5.97 Å². The van der Waals surface area contributed by atoms with Crippen LogP contribution in [0.5, 0.6) is 0 Å². The fourth-order valence-electron chi connectivity index (χ4n) is 8.28. The average Bonchev–Trinajstić information content (AvgIpc) is 3.02. The topological polar surface area (TPSA) is 26.3 Å².